The number of alkyl halides is 1. The van der Waals surface area contributed by atoms with Gasteiger partial charge in [-0.15, -0.1) is 0 Å². The van der Waals surface area contributed by atoms with Crippen molar-refractivity contribution in [2.75, 3.05) is 12.4 Å². The highest BCUT2D eigenvalue weighted by atomic mass is 79.9. The summed E-state index contributed by atoms with van der Waals surface area (Å²) in [4.78, 5) is 13.2. The van der Waals surface area contributed by atoms with Crippen molar-refractivity contribution >= 4 is 21.8 Å². The molecule has 94 valence electrons. The van der Waals surface area contributed by atoms with Gasteiger partial charge in [0.2, 0.25) is 5.91 Å². The number of rotatable bonds is 4. The Morgan fingerprint density at radius 2 is 2.06 bits per heavy atom. The molecule has 1 rings (SSSR count). The second-order valence-electron chi connectivity index (χ2n) is 3.79. The first kappa shape index (κ1) is 14.1. The average Bonchev–Trinajstić information content (AvgIpc) is 2.31. The van der Waals surface area contributed by atoms with Gasteiger partial charge >= 0.3 is 0 Å². The van der Waals surface area contributed by atoms with Gasteiger partial charge in [-0.1, -0.05) is 22.0 Å². The van der Waals surface area contributed by atoms with Crippen molar-refractivity contribution in [3.8, 4) is 0 Å². The van der Waals surface area contributed by atoms with E-state index in [2.05, 4.69) is 15.9 Å². The van der Waals surface area contributed by atoms with Crippen LogP contribution in [0.25, 0.3) is 0 Å². The van der Waals surface area contributed by atoms with E-state index in [0.717, 1.165) is 12.1 Å². The van der Waals surface area contributed by atoms with Crippen LogP contribution in [0.15, 0.2) is 18.2 Å². The third-order valence-electron chi connectivity index (χ3n) is 2.71. The van der Waals surface area contributed by atoms with Crippen LogP contribution in [0.5, 0.6) is 0 Å². The van der Waals surface area contributed by atoms with Crippen LogP contribution in [0, 0.1) is 11.6 Å². The van der Waals surface area contributed by atoms with E-state index >= 15 is 0 Å². The van der Waals surface area contributed by atoms with Crippen molar-refractivity contribution in [2.24, 2.45) is 0 Å². The molecule has 17 heavy (non-hydrogen) atoms. The standard InChI is InChI=1S/C12H14BrF2NO/c1-8(16(2)12(17)5-6-13)9-3-4-10(14)11(15)7-9/h3-4,7-8H,5-6H2,1-2H3. The maximum absolute atomic E-state index is 13.1. The smallest absolute Gasteiger partial charge is 0.223 e. The SMILES string of the molecule is CC(c1ccc(F)c(F)c1)N(C)C(=O)CCBr. The molecule has 0 saturated carbocycles. The van der Waals surface area contributed by atoms with Crippen LogP contribution in [-0.4, -0.2) is 23.2 Å². The maximum Gasteiger partial charge on any atom is 0.223 e. The minimum atomic E-state index is -0.893. The Morgan fingerprint density at radius 3 is 2.59 bits per heavy atom. The Balaban J connectivity index is 2.84. The van der Waals surface area contributed by atoms with Gasteiger partial charge in [0.25, 0.3) is 0 Å². The lowest BCUT2D eigenvalue weighted by Gasteiger charge is -2.25. The van der Waals surface area contributed by atoms with Gasteiger partial charge < -0.3 is 4.90 Å². The molecular formula is C12H14BrF2NO. The third kappa shape index (κ3) is 3.49. The first-order chi connectivity index (χ1) is 7.97. The summed E-state index contributed by atoms with van der Waals surface area (Å²) in [6, 6.07) is 3.40. The summed E-state index contributed by atoms with van der Waals surface area (Å²) in [5.41, 5.74) is 0.578. The van der Waals surface area contributed by atoms with Crippen molar-refractivity contribution < 1.29 is 13.6 Å². The molecule has 0 saturated heterocycles. The normalized spacial score (nSPS) is 12.3. The molecule has 1 atom stereocenters. The van der Waals surface area contributed by atoms with Crippen molar-refractivity contribution in [1.29, 1.82) is 0 Å². The summed E-state index contributed by atoms with van der Waals surface area (Å²) in [6.07, 6.45) is 0.379. The van der Waals surface area contributed by atoms with Gasteiger partial charge in [0.05, 0.1) is 6.04 Å². The Bertz CT molecular complexity index is 411. The number of hydrogen-bond donors (Lipinski definition) is 0. The number of carbonyl (C=O) groups excluding carboxylic acids is 1. The average molecular weight is 306 g/mol. The fourth-order valence-electron chi connectivity index (χ4n) is 1.47. The lowest BCUT2D eigenvalue weighted by Crippen LogP contribution is -2.29. The molecule has 1 aromatic carbocycles. The van der Waals surface area contributed by atoms with Crippen molar-refractivity contribution in [3.05, 3.63) is 35.4 Å². The van der Waals surface area contributed by atoms with Crippen LogP contribution in [0.3, 0.4) is 0 Å². The van der Waals surface area contributed by atoms with Gasteiger partial charge in [-0.25, -0.2) is 8.78 Å². The van der Waals surface area contributed by atoms with E-state index in [4.69, 9.17) is 0 Å². The molecule has 1 aromatic rings. The van der Waals surface area contributed by atoms with Crippen LogP contribution >= 0.6 is 15.9 Å². The summed E-state index contributed by atoms with van der Waals surface area (Å²) < 4.78 is 25.8. The number of amides is 1. The van der Waals surface area contributed by atoms with Gasteiger partial charge in [-0.3, -0.25) is 4.79 Å². The Labute approximate surface area is 108 Å². The highest BCUT2D eigenvalue weighted by Crippen LogP contribution is 2.21. The number of hydrogen-bond acceptors (Lipinski definition) is 1. The highest BCUT2D eigenvalue weighted by Gasteiger charge is 2.17. The predicted octanol–water partition coefficient (Wildman–Crippen LogP) is 3.27. The molecule has 0 aliphatic carbocycles. The quantitative estimate of drug-likeness (QED) is 0.782. The molecule has 0 N–H and O–H groups in total. The van der Waals surface area contributed by atoms with E-state index in [1.165, 1.54) is 11.0 Å². The van der Waals surface area contributed by atoms with Crippen LogP contribution < -0.4 is 0 Å². The predicted molar refractivity (Wildman–Crippen MR) is 66.0 cm³/mol. The Hall–Kier alpha value is -0.970. The molecule has 5 heteroatoms. The molecule has 0 aliphatic rings. The molecule has 0 aliphatic heterocycles. The van der Waals surface area contributed by atoms with Gasteiger partial charge in [0, 0.05) is 18.8 Å². The van der Waals surface area contributed by atoms with Gasteiger partial charge in [-0.05, 0) is 24.6 Å². The molecule has 0 fully saturated rings. The van der Waals surface area contributed by atoms with Crippen molar-refractivity contribution in [1.82, 2.24) is 4.90 Å². The molecule has 0 bridgehead atoms. The fraction of sp³-hybridized carbons (Fsp3) is 0.417. The monoisotopic (exact) mass is 305 g/mol. The lowest BCUT2D eigenvalue weighted by molar-refractivity contribution is -0.131. The zero-order valence-electron chi connectivity index (χ0n) is 9.71. The molecule has 0 spiro atoms. The number of benzene rings is 1. The van der Waals surface area contributed by atoms with Crippen LogP contribution in [-0.2, 0) is 4.79 Å². The Kier molecular flexibility index (Phi) is 5.05. The molecule has 1 amide bonds. The first-order valence-corrected chi connectivity index (χ1v) is 6.36. The second-order valence-corrected chi connectivity index (χ2v) is 4.59. The summed E-state index contributed by atoms with van der Waals surface area (Å²) in [5.74, 6) is -1.81. The topological polar surface area (TPSA) is 20.3 Å². The van der Waals surface area contributed by atoms with E-state index in [-0.39, 0.29) is 11.9 Å². The minimum Gasteiger partial charge on any atom is -0.339 e. The maximum atomic E-state index is 13.1. The van der Waals surface area contributed by atoms with Crippen LogP contribution in [0.4, 0.5) is 8.78 Å². The summed E-state index contributed by atoms with van der Waals surface area (Å²) in [6.45, 7) is 1.78. The molecule has 0 heterocycles. The second kappa shape index (κ2) is 6.10. The first-order valence-electron chi connectivity index (χ1n) is 5.24. The zero-order valence-corrected chi connectivity index (χ0v) is 11.3. The number of halogens is 3. The minimum absolute atomic E-state index is 0.0425. The molecule has 1 unspecified atom stereocenters. The Morgan fingerprint density at radius 1 is 1.41 bits per heavy atom. The van der Waals surface area contributed by atoms with E-state index in [9.17, 15) is 13.6 Å². The number of carbonyl (C=O) groups is 1. The molecule has 2 nitrogen and oxygen atoms in total. The number of nitrogens with zero attached hydrogens (tertiary/aromatic N) is 1. The molecular weight excluding hydrogens is 292 g/mol. The highest BCUT2D eigenvalue weighted by molar-refractivity contribution is 9.09. The van der Waals surface area contributed by atoms with Crippen LogP contribution in [0.2, 0.25) is 0 Å². The summed E-state index contributed by atoms with van der Waals surface area (Å²) in [5, 5.41) is 0.584. The van der Waals surface area contributed by atoms with Crippen molar-refractivity contribution in [3.63, 3.8) is 0 Å². The molecule has 0 radical (unpaired) electrons. The fourth-order valence-corrected chi connectivity index (χ4v) is 1.81. The largest absolute Gasteiger partial charge is 0.339 e. The van der Waals surface area contributed by atoms with E-state index < -0.39 is 11.6 Å². The van der Waals surface area contributed by atoms with Gasteiger partial charge in [-0.2, -0.15) is 0 Å². The lowest BCUT2D eigenvalue weighted by atomic mass is 10.1. The zero-order chi connectivity index (χ0) is 13.0. The van der Waals surface area contributed by atoms with Gasteiger partial charge in [0.15, 0.2) is 11.6 Å². The van der Waals surface area contributed by atoms with Gasteiger partial charge in [0.1, 0.15) is 0 Å². The molecule has 0 aromatic heterocycles. The van der Waals surface area contributed by atoms with Crippen molar-refractivity contribution in [2.45, 2.75) is 19.4 Å². The van der Waals surface area contributed by atoms with E-state index in [1.54, 1.807) is 14.0 Å². The van der Waals surface area contributed by atoms with E-state index in [0.29, 0.717) is 17.3 Å². The summed E-state index contributed by atoms with van der Waals surface area (Å²) >= 11 is 3.19. The summed E-state index contributed by atoms with van der Waals surface area (Å²) in [7, 11) is 1.65. The van der Waals surface area contributed by atoms with E-state index in [1.807, 2.05) is 0 Å². The third-order valence-corrected chi connectivity index (χ3v) is 3.11. The van der Waals surface area contributed by atoms with Crippen LogP contribution in [0.1, 0.15) is 24.9 Å².